The third-order valence-corrected chi connectivity index (χ3v) is 3.38. The first-order chi connectivity index (χ1) is 7.69. The van der Waals surface area contributed by atoms with Crippen molar-refractivity contribution >= 4 is 5.69 Å². The van der Waals surface area contributed by atoms with Crippen LogP contribution in [0.25, 0.3) is 0 Å². The molecule has 2 heterocycles. The Bertz CT molecular complexity index is 351. The third kappa shape index (κ3) is 2.53. The van der Waals surface area contributed by atoms with Crippen molar-refractivity contribution < 1.29 is 0 Å². The number of hydrogen-bond acceptors (Lipinski definition) is 3. The molecule has 0 saturated carbocycles. The normalized spacial score (nSPS) is 25.9. The third-order valence-electron chi connectivity index (χ3n) is 3.38. The lowest BCUT2D eigenvalue weighted by molar-refractivity contribution is 0.253. The maximum atomic E-state index is 4.43. The van der Waals surface area contributed by atoms with Gasteiger partial charge >= 0.3 is 0 Å². The van der Waals surface area contributed by atoms with Gasteiger partial charge in [-0.1, -0.05) is 6.92 Å². The maximum absolute atomic E-state index is 4.43. The Morgan fingerprint density at radius 3 is 2.94 bits per heavy atom. The SMILES string of the molecule is CNc1ccnc(CN2CC(C)CC2C)c1. The summed E-state index contributed by atoms with van der Waals surface area (Å²) in [4.78, 5) is 6.95. The first kappa shape index (κ1) is 11.4. The molecule has 0 amide bonds. The molecule has 1 aliphatic rings. The standard InChI is InChI=1S/C13H21N3/c1-10-6-11(2)16(8-10)9-13-7-12(14-3)4-5-15-13/h4-5,7,10-11H,6,8-9H2,1-3H3,(H,14,15). The van der Waals surface area contributed by atoms with Crippen molar-refractivity contribution in [1.29, 1.82) is 0 Å². The Balaban J connectivity index is 2.03. The van der Waals surface area contributed by atoms with Crippen LogP contribution < -0.4 is 5.32 Å². The minimum absolute atomic E-state index is 0.690. The zero-order valence-corrected chi connectivity index (χ0v) is 10.4. The molecule has 2 rings (SSSR count). The highest BCUT2D eigenvalue weighted by Crippen LogP contribution is 2.24. The van der Waals surface area contributed by atoms with Gasteiger partial charge in [0, 0.05) is 38.1 Å². The number of nitrogens with zero attached hydrogens (tertiary/aromatic N) is 2. The van der Waals surface area contributed by atoms with E-state index in [-0.39, 0.29) is 0 Å². The number of aromatic nitrogens is 1. The van der Waals surface area contributed by atoms with E-state index in [0.29, 0.717) is 6.04 Å². The Morgan fingerprint density at radius 2 is 2.31 bits per heavy atom. The second-order valence-electron chi connectivity index (χ2n) is 4.91. The van der Waals surface area contributed by atoms with Crippen LogP contribution >= 0.6 is 0 Å². The number of pyridine rings is 1. The molecule has 1 aliphatic heterocycles. The first-order valence-electron chi connectivity index (χ1n) is 6.05. The fourth-order valence-corrected chi connectivity index (χ4v) is 2.53. The molecule has 1 aromatic heterocycles. The summed E-state index contributed by atoms with van der Waals surface area (Å²) in [5.41, 5.74) is 2.30. The lowest BCUT2D eigenvalue weighted by Crippen LogP contribution is -2.26. The molecule has 1 N–H and O–H groups in total. The van der Waals surface area contributed by atoms with Gasteiger partial charge in [-0.05, 0) is 31.4 Å². The number of rotatable bonds is 3. The van der Waals surface area contributed by atoms with Gasteiger partial charge in [0.25, 0.3) is 0 Å². The van der Waals surface area contributed by atoms with E-state index in [4.69, 9.17) is 0 Å². The van der Waals surface area contributed by atoms with E-state index in [0.717, 1.165) is 23.8 Å². The van der Waals surface area contributed by atoms with E-state index in [9.17, 15) is 0 Å². The zero-order chi connectivity index (χ0) is 11.5. The summed E-state index contributed by atoms with van der Waals surface area (Å²) in [5.74, 6) is 0.822. The van der Waals surface area contributed by atoms with Crippen molar-refractivity contribution in [3.05, 3.63) is 24.0 Å². The average Bonchev–Trinajstić information content (AvgIpc) is 2.58. The maximum Gasteiger partial charge on any atom is 0.0564 e. The van der Waals surface area contributed by atoms with Crippen LogP contribution in [0, 0.1) is 5.92 Å². The fourth-order valence-electron chi connectivity index (χ4n) is 2.53. The molecule has 3 nitrogen and oxygen atoms in total. The van der Waals surface area contributed by atoms with Gasteiger partial charge in [-0.25, -0.2) is 0 Å². The molecule has 1 saturated heterocycles. The van der Waals surface area contributed by atoms with Crippen molar-refractivity contribution in [2.24, 2.45) is 5.92 Å². The predicted molar refractivity (Wildman–Crippen MR) is 67.4 cm³/mol. The zero-order valence-electron chi connectivity index (χ0n) is 10.4. The predicted octanol–water partition coefficient (Wildman–Crippen LogP) is 2.35. The molecule has 0 aliphatic carbocycles. The molecule has 2 atom stereocenters. The van der Waals surface area contributed by atoms with E-state index < -0.39 is 0 Å². The first-order valence-corrected chi connectivity index (χ1v) is 6.05. The Hall–Kier alpha value is -1.09. The van der Waals surface area contributed by atoms with Crippen LogP contribution in [0.5, 0.6) is 0 Å². The lowest BCUT2D eigenvalue weighted by atomic mass is 10.1. The summed E-state index contributed by atoms with van der Waals surface area (Å²) in [7, 11) is 1.94. The van der Waals surface area contributed by atoms with Crippen molar-refractivity contribution in [1.82, 2.24) is 9.88 Å². The summed E-state index contributed by atoms with van der Waals surface area (Å²) in [5, 5.41) is 3.15. The van der Waals surface area contributed by atoms with Crippen molar-refractivity contribution in [2.45, 2.75) is 32.9 Å². The lowest BCUT2D eigenvalue weighted by Gasteiger charge is -2.20. The summed E-state index contributed by atoms with van der Waals surface area (Å²) in [6, 6.07) is 4.82. The number of nitrogens with one attached hydrogen (secondary N) is 1. The quantitative estimate of drug-likeness (QED) is 0.846. The Morgan fingerprint density at radius 1 is 1.50 bits per heavy atom. The highest BCUT2D eigenvalue weighted by atomic mass is 15.2. The molecule has 0 spiro atoms. The van der Waals surface area contributed by atoms with Gasteiger partial charge in [0.2, 0.25) is 0 Å². The topological polar surface area (TPSA) is 28.2 Å². The van der Waals surface area contributed by atoms with Gasteiger partial charge in [-0.2, -0.15) is 0 Å². The Labute approximate surface area is 97.9 Å². The van der Waals surface area contributed by atoms with Gasteiger partial charge < -0.3 is 5.32 Å². The van der Waals surface area contributed by atoms with Crippen molar-refractivity contribution in [2.75, 3.05) is 18.9 Å². The van der Waals surface area contributed by atoms with E-state index in [1.165, 1.54) is 13.0 Å². The van der Waals surface area contributed by atoms with Crippen LogP contribution in [-0.4, -0.2) is 29.5 Å². The van der Waals surface area contributed by atoms with Crippen LogP contribution in [0.4, 0.5) is 5.69 Å². The largest absolute Gasteiger partial charge is 0.388 e. The highest BCUT2D eigenvalue weighted by Gasteiger charge is 2.25. The van der Waals surface area contributed by atoms with Crippen molar-refractivity contribution in [3.63, 3.8) is 0 Å². The van der Waals surface area contributed by atoms with Crippen LogP contribution in [0.2, 0.25) is 0 Å². The molecule has 16 heavy (non-hydrogen) atoms. The highest BCUT2D eigenvalue weighted by molar-refractivity contribution is 5.42. The smallest absolute Gasteiger partial charge is 0.0564 e. The summed E-state index contributed by atoms with van der Waals surface area (Å²) < 4.78 is 0. The number of hydrogen-bond donors (Lipinski definition) is 1. The van der Waals surface area contributed by atoms with Crippen molar-refractivity contribution in [3.8, 4) is 0 Å². The fraction of sp³-hybridized carbons (Fsp3) is 0.615. The molecule has 0 radical (unpaired) electrons. The van der Waals surface area contributed by atoms with E-state index in [2.05, 4.69) is 35.1 Å². The summed E-state index contributed by atoms with van der Waals surface area (Å²) in [6.45, 7) is 6.81. The minimum Gasteiger partial charge on any atom is -0.388 e. The van der Waals surface area contributed by atoms with Gasteiger partial charge in [-0.3, -0.25) is 9.88 Å². The van der Waals surface area contributed by atoms with Gasteiger partial charge in [0.05, 0.1) is 5.69 Å². The molecule has 1 aromatic rings. The molecular formula is C13H21N3. The minimum atomic E-state index is 0.690. The average molecular weight is 219 g/mol. The van der Waals surface area contributed by atoms with Crippen LogP contribution in [0.3, 0.4) is 0 Å². The van der Waals surface area contributed by atoms with Gasteiger partial charge in [0.15, 0.2) is 0 Å². The number of likely N-dealkylation sites (tertiary alicyclic amines) is 1. The second kappa shape index (κ2) is 4.83. The molecule has 1 fully saturated rings. The molecule has 3 heteroatoms. The van der Waals surface area contributed by atoms with E-state index in [1.54, 1.807) is 0 Å². The second-order valence-corrected chi connectivity index (χ2v) is 4.91. The van der Waals surface area contributed by atoms with E-state index in [1.807, 2.05) is 19.3 Å². The van der Waals surface area contributed by atoms with Crippen LogP contribution in [0.1, 0.15) is 26.0 Å². The van der Waals surface area contributed by atoms with Crippen LogP contribution in [0.15, 0.2) is 18.3 Å². The number of anilines is 1. The van der Waals surface area contributed by atoms with Crippen LogP contribution in [-0.2, 0) is 6.54 Å². The van der Waals surface area contributed by atoms with E-state index >= 15 is 0 Å². The molecule has 0 aromatic carbocycles. The Kier molecular flexibility index (Phi) is 3.44. The summed E-state index contributed by atoms with van der Waals surface area (Å²) >= 11 is 0. The van der Waals surface area contributed by atoms with Gasteiger partial charge in [0.1, 0.15) is 0 Å². The molecule has 2 unspecified atom stereocenters. The molecule has 88 valence electrons. The van der Waals surface area contributed by atoms with Gasteiger partial charge in [-0.15, -0.1) is 0 Å². The molecule has 0 bridgehead atoms. The summed E-state index contributed by atoms with van der Waals surface area (Å²) in [6.07, 6.45) is 3.19. The molecular weight excluding hydrogens is 198 g/mol. The monoisotopic (exact) mass is 219 g/mol.